The highest BCUT2D eigenvalue weighted by Gasteiger charge is 2.14. The molecule has 0 aliphatic heterocycles. The number of imidazole rings is 1. The van der Waals surface area contributed by atoms with Gasteiger partial charge in [0.15, 0.2) is 5.82 Å². The first-order valence-corrected chi connectivity index (χ1v) is 6.23. The second kappa shape index (κ2) is 4.39. The van der Waals surface area contributed by atoms with Crippen LogP contribution in [0.1, 0.15) is 12.5 Å². The van der Waals surface area contributed by atoms with Crippen molar-refractivity contribution in [3.05, 3.63) is 53.8 Å². The molecule has 3 nitrogen and oxygen atoms in total. The molecular weight excluding hydrogens is 241 g/mol. The molecule has 2 N–H and O–H groups in total. The molecule has 0 atom stereocenters. The summed E-state index contributed by atoms with van der Waals surface area (Å²) in [6.45, 7) is 2.08. The van der Waals surface area contributed by atoms with Crippen LogP contribution in [0.2, 0.25) is 0 Å². The van der Waals surface area contributed by atoms with Crippen molar-refractivity contribution in [1.82, 2.24) is 9.55 Å². The third-order valence-corrected chi connectivity index (χ3v) is 3.28. The van der Waals surface area contributed by atoms with E-state index in [2.05, 4.69) is 11.9 Å². The lowest BCUT2D eigenvalue weighted by Crippen LogP contribution is -2.03. The quantitative estimate of drug-likeness (QED) is 0.763. The molecule has 0 bridgehead atoms. The Kier molecular flexibility index (Phi) is 2.71. The van der Waals surface area contributed by atoms with Gasteiger partial charge in [0.25, 0.3) is 0 Å². The number of nitrogens with zero attached hydrogens (tertiary/aromatic N) is 2. The topological polar surface area (TPSA) is 43.8 Å². The predicted molar refractivity (Wildman–Crippen MR) is 74.8 cm³/mol. The van der Waals surface area contributed by atoms with Crippen molar-refractivity contribution >= 4 is 17.0 Å². The molecule has 0 spiro atoms. The number of aromatic nitrogens is 2. The van der Waals surface area contributed by atoms with Crippen molar-refractivity contribution in [2.24, 2.45) is 0 Å². The molecule has 3 rings (SSSR count). The Morgan fingerprint density at radius 2 is 1.95 bits per heavy atom. The molecule has 0 radical (unpaired) electrons. The molecule has 0 aliphatic carbocycles. The molecule has 4 heteroatoms. The Bertz CT molecular complexity index is 746. The van der Waals surface area contributed by atoms with E-state index in [1.165, 1.54) is 6.07 Å². The third kappa shape index (κ3) is 1.76. The summed E-state index contributed by atoms with van der Waals surface area (Å²) in [6.07, 6.45) is 0.880. The van der Waals surface area contributed by atoms with Gasteiger partial charge in [-0.25, -0.2) is 9.37 Å². The number of halogens is 1. The van der Waals surface area contributed by atoms with E-state index < -0.39 is 0 Å². The van der Waals surface area contributed by atoms with Gasteiger partial charge in [0.05, 0.1) is 11.2 Å². The minimum absolute atomic E-state index is 0.306. The number of nitrogens with two attached hydrogens (primary N) is 1. The third-order valence-electron chi connectivity index (χ3n) is 3.28. The van der Waals surface area contributed by atoms with E-state index >= 15 is 0 Å². The van der Waals surface area contributed by atoms with E-state index in [4.69, 9.17) is 5.73 Å². The van der Waals surface area contributed by atoms with Crippen LogP contribution in [0.5, 0.6) is 0 Å². The molecule has 1 aromatic heterocycles. The smallest absolute Gasteiger partial charge is 0.206 e. The Balaban J connectivity index is 2.37. The van der Waals surface area contributed by atoms with Crippen LogP contribution < -0.4 is 5.73 Å². The molecule has 96 valence electrons. The van der Waals surface area contributed by atoms with Crippen molar-refractivity contribution < 1.29 is 4.39 Å². The first-order valence-electron chi connectivity index (χ1n) is 6.23. The van der Waals surface area contributed by atoms with Gasteiger partial charge in [-0.3, -0.25) is 4.57 Å². The largest absolute Gasteiger partial charge is 0.369 e. The normalized spacial score (nSPS) is 11.1. The minimum Gasteiger partial charge on any atom is -0.369 e. The zero-order chi connectivity index (χ0) is 13.4. The van der Waals surface area contributed by atoms with Crippen LogP contribution in [0.25, 0.3) is 16.7 Å². The summed E-state index contributed by atoms with van der Waals surface area (Å²) >= 11 is 0. The van der Waals surface area contributed by atoms with E-state index in [0.717, 1.165) is 17.7 Å². The highest BCUT2D eigenvalue weighted by molar-refractivity contribution is 5.81. The fraction of sp³-hybridized carbons (Fsp3) is 0.133. The van der Waals surface area contributed by atoms with Crippen LogP contribution in [-0.4, -0.2) is 9.55 Å². The van der Waals surface area contributed by atoms with Gasteiger partial charge >= 0.3 is 0 Å². The van der Waals surface area contributed by atoms with Gasteiger partial charge in [-0.15, -0.1) is 0 Å². The molecule has 1 heterocycles. The molecule has 19 heavy (non-hydrogen) atoms. The highest BCUT2D eigenvalue weighted by Crippen LogP contribution is 2.26. The summed E-state index contributed by atoms with van der Waals surface area (Å²) in [4.78, 5) is 4.13. The molecule has 0 amide bonds. The monoisotopic (exact) mass is 255 g/mol. The van der Waals surface area contributed by atoms with Crippen molar-refractivity contribution in [1.29, 1.82) is 0 Å². The number of anilines is 1. The zero-order valence-corrected chi connectivity index (χ0v) is 10.6. The van der Waals surface area contributed by atoms with Crippen molar-refractivity contribution in [3.63, 3.8) is 0 Å². The van der Waals surface area contributed by atoms with Crippen molar-refractivity contribution in [2.75, 3.05) is 5.73 Å². The van der Waals surface area contributed by atoms with Crippen LogP contribution in [0.4, 0.5) is 10.3 Å². The fourth-order valence-corrected chi connectivity index (χ4v) is 2.36. The number of hydrogen-bond donors (Lipinski definition) is 1. The average Bonchev–Trinajstić information content (AvgIpc) is 2.76. The lowest BCUT2D eigenvalue weighted by atomic mass is 10.1. The van der Waals surface area contributed by atoms with E-state index in [9.17, 15) is 4.39 Å². The maximum absolute atomic E-state index is 13.7. The van der Waals surface area contributed by atoms with Gasteiger partial charge in [0, 0.05) is 0 Å². The van der Waals surface area contributed by atoms with E-state index in [1.54, 1.807) is 10.6 Å². The summed E-state index contributed by atoms with van der Waals surface area (Å²) < 4.78 is 15.5. The van der Waals surface area contributed by atoms with E-state index in [-0.39, 0.29) is 5.82 Å². The van der Waals surface area contributed by atoms with Crippen LogP contribution in [-0.2, 0) is 6.42 Å². The Morgan fingerprint density at radius 3 is 2.74 bits per heavy atom. The van der Waals surface area contributed by atoms with Crippen molar-refractivity contribution in [3.8, 4) is 5.69 Å². The molecule has 0 fully saturated rings. The van der Waals surface area contributed by atoms with Crippen LogP contribution in [0.15, 0.2) is 42.5 Å². The number of benzene rings is 2. The van der Waals surface area contributed by atoms with E-state index in [1.807, 2.05) is 30.3 Å². The zero-order valence-electron chi connectivity index (χ0n) is 10.6. The Hall–Kier alpha value is -2.36. The molecule has 0 saturated carbocycles. The van der Waals surface area contributed by atoms with Crippen LogP contribution in [0, 0.1) is 5.82 Å². The molecule has 0 aliphatic rings. The Morgan fingerprint density at radius 1 is 1.16 bits per heavy atom. The number of fused-ring (bicyclic) bond motifs is 1. The number of aryl methyl sites for hydroxylation is 1. The first-order chi connectivity index (χ1) is 9.22. The number of nitrogen functional groups attached to an aromatic ring is 1. The second-order valence-electron chi connectivity index (χ2n) is 4.40. The summed E-state index contributed by atoms with van der Waals surface area (Å²) in [5.74, 6) is -0.0436. The van der Waals surface area contributed by atoms with Gasteiger partial charge in [-0.2, -0.15) is 0 Å². The molecule has 3 aromatic rings. The Labute approximate surface area is 110 Å². The molecule has 2 aromatic carbocycles. The average molecular weight is 255 g/mol. The number of rotatable bonds is 2. The number of hydrogen-bond acceptors (Lipinski definition) is 2. The van der Waals surface area contributed by atoms with Gasteiger partial charge in [0.1, 0.15) is 5.52 Å². The number of para-hydroxylation sites is 2. The first kappa shape index (κ1) is 11.7. The summed E-state index contributed by atoms with van der Waals surface area (Å²) in [7, 11) is 0. The highest BCUT2D eigenvalue weighted by atomic mass is 19.1. The maximum atomic E-state index is 13.7. The SMILES string of the molecule is CCc1ccccc1-n1c(N)nc2c(F)cccc21. The van der Waals surface area contributed by atoms with Gasteiger partial charge < -0.3 is 5.73 Å². The fourth-order valence-electron chi connectivity index (χ4n) is 2.36. The van der Waals surface area contributed by atoms with E-state index in [0.29, 0.717) is 17.0 Å². The minimum atomic E-state index is -0.350. The van der Waals surface area contributed by atoms with Gasteiger partial charge in [0.2, 0.25) is 5.95 Å². The van der Waals surface area contributed by atoms with Crippen LogP contribution >= 0.6 is 0 Å². The second-order valence-corrected chi connectivity index (χ2v) is 4.40. The predicted octanol–water partition coefficient (Wildman–Crippen LogP) is 3.31. The van der Waals surface area contributed by atoms with Crippen LogP contribution in [0.3, 0.4) is 0 Å². The summed E-state index contributed by atoms with van der Waals surface area (Å²) in [5, 5.41) is 0. The van der Waals surface area contributed by atoms with Crippen molar-refractivity contribution in [2.45, 2.75) is 13.3 Å². The standard InChI is InChI=1S/C15H14FN3/c1-2-10-6-3-4-8-12(10)19-13-9-5-7-11(16)14(13)18-15(19)17/h3-9H,2H2,1H3,(H2,17,18). The van der Waals surface area contributed by atoms with Gasteiger partial charge in [-0.05, 0) is 30.2 Å². The maximum Gasteiger partial charge on any atom is 0.206 e. The summed E-state index contributed by atoms with van der Waals surface area (Å²) in [5.41, 5.74) is 9.07. The molecule has 0 saturated heterocycles. The lowest BCUT2D eigenvalue weighted by molar-refractivity contribution is 0.637. The lowest BCUT2D eigenvalue weighted by Gasteiger charge is -2.11. The molecular formula is C15H14FN3. The summed E-state index contributed by atoms with van der Waals surface area (Å²) in [6, 6.07) is 12.8. The molecule has 0 unspecified atom stereocenters. The van der Waals surface area contributed by atoms with Gasteiger partial charge in [-0.1, -0.05) is 31.2 Å².